The van der Waals surface area contributed by atoms with Crippen molar-refractivity contribution in [3.05, 3.63) is 27.2 Å². The van der Waals surface area contributed by atoms with Crippen molar-refractivity contribution in [1.29, 1.82) is 0 Å². The lowest BCUT2D eigenvalue weighted by atomic mass is 10.00. The molecule has 8 heteroatoms. The number of carbonyl (C=O) groups is 1. The Hall–Kier alpha value is -2.38. The highest BCUT2D eigenvalue weighted by atomic mass is 16.2. The van der Waals surface area contributed by atoms with Crippen LogP contribution in [-0.4, -0.2) is 42.6 Å². The van der Waals surface area contributed by atoms with E-state index in [0.29, 0.717) is 36.5 Å². The minimum absolute atomic E-state index is 0.177. The van der Waals surface area contributed by atoms with Gasteiger partial charge in [-0.1, -0.05) is 6.92 Å². The highest BCUT2D eigenvalue weighted by molar-refractivity contribution is 5.76. The summed E-state index contributed by atoms with van der Waals surface area (Å²) in [5.41, 5.74) is 0.0388. The summed E-state index contributed by atoms with van der Waals surface area (Å²) in [5.74, 6) is 0.746. The predicted octanol–water partition coefficient (Wildman–Crippen LogP) is 0.472. The van der Waals surface area contributed by atoms with Gasteiger partial charge in [0.1, 0.15) is 0 Å². The van der Waals surface area contributed by atoms with Gasteiger partial charge in [0.25, 0.3) is 5.56 Å². The molecule has 0 unspecified atom stereocenters. The summed E-state index contributed by atoms with van der Waals surface area (Å²) in [6.07, 6.45) is 4.93. The fraction of sp³-hybridized carbons (Fsp3) is 0.647. The molecule has 1 aliphatic rings. The van der Waals surface area contributed by atoms with Crippen LogP contribution in [0.25, 0.3) is 11.2 Å². The van der Waals surface area contributed by atoms with E-state index in [-0.39, 0.29) is 11.5 Å². The van der Waals surface area contributed by atoms with E-state index >= 15 is 0 Å². The van der Waals surface area contributed by atoms with Crippen LogP contribution in [0.15, 0.2) is 15.9 Å². The largest absolute Gasteiger partial charge is 0.342 e. The SMILES string of the molecule is C[C@H]1CCCN(C(=O)CCCn2cnc3c2c(=O)n(C)c(=O)n3C)C1. The molecule has 136 valence electrons. The number of nitrogens with zero attached hydrogens (tertiary/aromatic N) is 5. The first-order valence-electron chi connectivity index (χ1n) is 8.78. The average molecular weight is 347 g/mol. The molecular formula is C17H25N5O3. The molecule has 1 amide bonds. The van der Waals surface area contributed by atoms with Crippen LogP contribution in [0, 0.1) is 5.92 Å². The number of aryl methyl sites for hydroxylation is 2. The molecular weight excluding hydrogens is 322 g/mol. The molecule has 0 N–H and O–H groups in total. The monoisotopic (exact) mass is 347 g/mol. The van der Waals surface area contributed by atoms with Crippen LogP contribution in [0.5, 0.6) is 0 Å². The second-order valence-corrected chi connectivity index (χ2v) is 7.01. The van der Waals surface area contributed by atoms with Crippen LogP contribution in [-0.2, 0) is 25.4 Å². The number of hydrogen-bond donors (Lipinski definition) is 0. The number of likely N-dealkylation sites (tertiary alicyclic amines) is 1. The van der Waals surface area contributed by atoms with E-state index in [2.05, 4.69) is 11.9 Å². The highest BCUT2D eigenvalue weighted by Crippen LogP contribution is 2.17. The molecule has 8 nitrogen and oxygen atoms in total. The van der Waals surface area contributed by atoms with Crippen LogP contribution < -0.4 is 11.2 Å². The van der Waals surface area contributed by atoms with Crippen LogP contribution in [0.3, 0.4) is 0 Å². The summed E-state index contributed by atoms with van der Waals surface area (Å²) in [4.78, 5) is 42.8. The van der Waals surface area contributed by atoms with Crippen molar-refractivity contribution in [3.63, 3.8) is 0 Å². The number of imidazole rings is 1. The topological polar surface area (TPSA) is 82.1 Å². The van der Waals surface area contributed by atoms with E-state index in [0.717, 1.165) is 24.1 Å². The maximum absolute atomic E-state index is 12.4. The van der Waals surface area contributed by atoms with Gasteiger partial charge in [-0.2, -0.15) is 0 Å². The Morgan fingerprint density at radius 1 is 1.28 bits per heavy atom. The van der Waals surface area contributed by atoms with Gasteiger partial charge in [-0.05, 0) is 25.2 Å². The van der Waals surface area contributed by atoms with Crippen LogP contribution in [0.2, 0.25) is 0 Å². The zero-order valence-electron chi connectivity index (χ0n) is 15.1. The lowest BCUT2D eigenvalue weighted by molar-refractivity contribution is -0.133. The molecule has 0 spiro atoms. The quantitative estimate of drug-likeness (QED) is 0.805. The van der Waals surface area contributed by atoms with E-state index in [1.54, 1.807) is 17.9 Å². The van der Waals surface area contributed by atoms with E-state index in [9.17, 15) is 14.4 Å². The molecule has 3 heterocycles. The molecule has 0 aromatic carbocycles. The summed E-state index contributed by atoms with van der Waals surface area (Å²) >= 11 is 0. The molecule has 1 aliphatic heterocycles. The second-order valence-electron chi connectivity index (χ2n) is 7.01. The molecule has 0 saturated carbocycles. The smallest absolute Gasteiger partial charge is 0.332 e. The minimum Gasteiger partial charge on any atom is -0.342 e. The van der Waals surface area contributed by atoms with E-state index in [1.807, 2.05) is 4.90 Å². The Balaban J connectivity index is 1.71. The standard InChI is InChI=1S/C17H25N5O3/c1-12-6-4-8-21(10-12)13(23)7-5-9-22-11-18-15-14(22)16(24)20(3)17(25)19(15)2/h11-12H,4-10H2,1-3H3/t12-/m0/s1. The number of aromatic nitrogens is 4. The van der Waals surface area contributed by atoms with E-state index in [4.69, 9.17) is 0 Å². The second kappa shape index (κ2) is 6.85. The van der Waals surface area contributed by atoms with Gasteiger partial charge in [0.05, 0.1) is 6.33 Å². The third-order valence-electron chi connectivity index (χ3n) is 5.02. The van der Waals surface area contributed by atoms with Gasteiger partial charge in [0, 0.05) is 40.2 Å². The minimum atomic E-state index is -0.392. The first kappa shape index (κ1) is 17.4. The number of hydrogen-bond acceptors (Lipinski definition) is 4. The summed E-state index contributed by atoms with van der Waals surface area (Å²) in [7, 11) is 3.06. The molecule has 0 bridgehead atoms. The Bertz CT molecular complexity index is 907. The van der Waals surface area contributed by atoms with Gasteiger partial charge in [-0.15, -0.1) is 0 Å². The number of piperidine rings is 1. The van der Waals surface area contributed by atoms with Crippen molar-refractivity contribution < 1.29 is 4.79 Å². The van der Waals surface area contributed by atoms with Gasteiger partial charge in [0.15, 0.2) is 11.2 Å². The lowest BCUT2D eigenvalue weighted by Crippen LogP contribution is -2.39. The normalized spacial score (nSPS) is 18.0. The third kappa shape index (κ3) is 3.25. The molecule has 3 rings (SSSR count). The molecule has 25 heavy (non-hydrogen) atoms. The van der Waals surface area contributed by atoms with Crippen molar-refractivity contribution in [3.8, 4) is 0 Å². The van der Waals surface area contributed by atoms with Gasteiger partial charge in [-0.3, -0.25) is 18.7 Å². The lowest BCUT2D eigenvalue weighted by Gasteiger charge is -2.31. The third-order valence-corrected chi connectivity index (χ3v) is 5.02. The summed E-state index contributed by atoms with van der Waals surface area (Å²) in [5, 5.41) is 0. The average Bonchev–Trinajstić information content (AvgIpc) is 3.02. The zero-order chi connectivity index (χ0) is 18.1. The maximum Gasteiger partial charge on any atom is 0.332 e. The first-order valence-corrected chi connectivity index (χ1v) is 8.78. The number of rotatable bonds is 4. The van der Waals surface area contributed by atoms with Crippen LogP contribution >= 0.6 is 0 Å². The van der Waals surface area contributed by atoms with Gasteiger partial charge < -0.3 is 9.47 Å². The number of fused-ring (bicyclic) bond motifs is 1. The molecule has 1 atom stereocenters. The van der Waals surface area contributed by atoms with Crippen molar-refractivity contribution >= 4 is 17.1 Å². The molecule has 2 aromatic heterocycles. The Labute approximate surface area is 145 Å². The molecule has 0 radical (unpaired) electrons. The van der Waals surface area contributed by atoms with Gasteiger partial charge in [0.2, 0.25) is 5.91 Å². The van der Waals surface area contributed by atoms with Gasteiger partial charge in [-0.25, -0.2) is 9.78 Å². The predicted molar refractivity (Wildman–Crippen MR) is 94.4 cm³/mol. The summed E-state index contributed by atoms with van der Waals surface area (Å²) in [6.45, 7) is 4.39. The molecule has 0 aliphatic carbocycles. The van der Waals surface area contributed by atoms with Crippen molar-refractivity contribution in [1.82, 2.24) is 23.6 Å². The zero-order valence-corrected chi connectivity index (χ0v) is 15.1. The van der Waals surface area contributed by atoms with Crippen LogP contribution in [0.4, 0.5) is 0 Å². The molecule has 2 aromatic rings. The molecule has 1 saturated heterocycles. The van der Waals surface area contributed by atoms with E-state index in [1.165, 1.54) is 18.0 Å². The van der Waals surface area contributed by atoms with Crippen LogP contribution in [0.1, 0.15) is 32.6 Å². The fourth-order valence-electron chi connectivity index (χ4n) is 3.54. The van der Waals surface area contributed by atoms with Crippen molar-refractivity contribution in [2.75, 3.05) is 13.1 Å². The Morgan fingerprint density at radius 3 is 2.76 bits per heavy atom. The first-order chi connectivity index (χ1) is 11.9. The van der Waals surface area contributed by atoms with Gasteiger partial charge >= 0.3 is 5.69 Å². The molecule has 1 fully saturated rings. The fourth-order valence-corrected chi connectivity index (χ4v) is 3.54. The highest BCUT2D eigenvalue weighted by Gasteiger charge is 2.20. The Morgan fingerprint density at radius 2 is 2.04 bits per heavy atom. The van der Waals surface area contributed by atoms with E-state index < -0.39 is 5.69 Å². The Kier molecular flexibility index (Phi) is 4.78. The summed E-state index contributed by atoms with van der Waals surface area (Å²) in [6, 6.07) is 0. The number of amides is 1. The number of carbonyl (C=O) groups excluding carboxylic acids is 1. The maximum atomic E-state index is 12.4. The van der Waals surface area contributed by atoms with Crippen molar-refractivity contribution in [2.24, 2.45) is 20.0 Å². The van der Waals surface area contributed by atoms with Crippen molar-refractivity contribution in [2.45, 2.75) is 39.2 Å². The summed E-state index contributed by atoms with van der Waals surface area (Å²) < 4.78 is 4.19.